The molecule has 2 aromatic heterocycles. The van der Waals surface area contributed by atoms with Gasteiger partial charge in [0, 0.05) is 33.9 Å². The van der Waals surface area contributed by atoms with Crippen molar-refractivity contribution in [1.29, 1.82) is 0 Å². The molecule has 4 rings (SSSR count). The van der Waals surface area contributed by atoms with Gasteiger partial charge in [0.15, 0.2) is 0 Å². The molecule has 0 unspecified atom stereocenters. The van der Waals surface area contributed by atoms with Crippen LogP contribution in [0.25, 0.3) is 21.9 Å². The Bertz CT molecular complexity index is 723. The van der Waals surface area contributed by atoms with E-state index in [1.54, 1.807) is 12.5 Å². The van der Waals surface area contributed by atoms with Crippen molar-refractivity contribution >= 4 is 21.9 Å². The summed E-state index contributed by atoms with van der Waals surface area (Å²) in [6.07, 6.45) is 8.32. The first-order valence-corrected chi connectivity index (χ1v) is 7.34. The molecule has 1 aliphatic rings. The molecule has 20 heavy (non-hydrogen) atoms. The average molecular weight is 269 g/mol. The fraction of sp³-hybridized carbons (Fsp3) is 0.412. The summed E-state index contributed by atoms with van der Waals surface area (Å²) in [4.78, 5) is 0. The number of furan rings is 2. The van der Waals surface area contributed by atoms with Gasteiger partial charge in [-0.25, -0.2) is 0 Å². The molecule has 1 saturated carbocycles. The standard InChI is InChI=1S/C17H19NO2/c1-11-12-4-8-20-16(12)14(13-5-9-19-15(11)13)17(10-18)6-2-3-7-17/h4-5,8-9H,2-3,6-7,10,18H2,1H3. The first kappa shape index (κ1) is 12.0. The van der Waals surface area contributed by atoms with Crippen LogP contribution in [0.15, 0.2) is 33.5 Å². The molecule has 0 bridgehead atoms. The molecule has 0 radical (unpaired) electrons. The summed E-state index contributed by atoms with van der Waals surface area (Å²) in [7, 11) is 0. The minimum absolute atomic E-state index is 0.0475. The molecule has 3 aromatic rings. The Labute approximate surface area is 117 Å². The number of aryl methyl sites for hydroxylation is 1. The van der Waals surface area contributed by atoms with Gasteiger partial charge in [-0.3, -0.25) is 0 Å². The van der Waals surface area contributed by atoms with Crippen molar-refractivity contribution in [3.63, 3.8) is 0 Å². The predicted octanol–water partition coefficient (Wildman–Crippen LogP) is 4.26. The van der Waals surface area contributed by atoms with E-state index in [0.29, 0.717) is 6.54 Å². The van der Waals surface area contributed by atoms with Crippen LogP contribution in [0.1, 0.15) is 36.8 Å². The van der Waals surface area contributed by atoms with Crippen LogP contribution in [-0.4, -0.2) is 6.54 Å². The van der Waals surface area contributed by atoms with Gasteiger partial charge in [-0.05, 0) is 31.9 Å². The summed E-state index contributed by atoms with van der Waals surface area (Å²) in [5.74, 6) is 0. The van der Waals surface area contributed by atoms with Crippen molar-refractivity contribution in [2.75, 3.05) is 6.54 Å². The Hall–Kier alpha value is -1.74. The van der Waals surface area contributed by atoms with E-state index in [2.05, 4.69) is 13.0 Å². The highest BCUT2D eigenvalue weighted by Gasteiger charge is 2.38. The van der Waals surface area contributed by atoms with E-state index in [1.165, 1.54) is 23.8 Å². The van der Waals surface area contributed by atoms with Gasteiger partial charge in [0.2, 0.25) is 0 Å². The fourth-order valence-electron chi connectivity index (χ4n) is 3.97. The zero-order valence-electron chi connectivity index (χ0n) is 11.7. The number of hydrogen-bond donors (Lipinski definition) is 1. The molecule has 0 atom stereocenters. The monoisotopic (exact) mass is 269 g/mol. The maximum atomic E-state index is 6.19. The Morgan fingerprint density at radius 3 is 2.40 bits per heavy atom. The lowest BCUT2D eigenvalue weighted by Gasteiger charge is -2.28. The highest BCUT2D eigenvalue weighted by molar-refractivity contribution is 6.02. The number of fused-ring (bicyclic) bond motifs is 2. The maximum Gasteiger partial charge on any atom is 0.138 e. The van der Waals surface area contributed by atoms with Crippen LogP contribution < -0.4 is 5.73 Å². The second-order valence-corrected chi connectivity index (χ2v) is 6.02. The number of hydrogen-bond acceptors (Lipinski definition) is 3. The molecule has 2 heterocycles. The first-order chi connectivity index (χ1) is 9.77. The zero-order valence-corrected chi connectivity index (χ0v) is 11.7. The molecule has 1 aliphatic carbocycles. The summed E-state index contributed by atoms with van der Waals surface area (Å²) in [6.45, 7) is 2.77. The van der Waals surface area contributed by atoms with Gasteiger partial charge in [0.25, 0.3) is 0 Å². The van der Waals surface area contributed by atoms with Crippen molar-refractivity contribution < 1.29 is 8.83 Å². The molecule has 0 spiro atoms. The van der Waals surface area contributed by atoms with Crippen molar-refractivity contribution in [2.45, 2.75) is 38.0 Å². The van der Waals surface area contributed by atoms with Gasteiger partial charge >= 0.3 is 0 Å². The SMILES string of the molecule is Cc1c2ccoc2c(C2(CN)CCCC2)c2ccoc12. The fourth-order valence-corrected chi connectivity index (χ4v) is 3.97. The van der Waals surface area contributed by atoms with Crippen LogP contribution in [0.5, 0.6) is 0 Å². The van der Waals surface area contributed by atoms with Crippen molar-refractivity contribution in [2.24, 2.45) is 5.73 Å². The lowest BCUT2D eigenvalue weighted by Crippen LogP contribution is -2.32. The normalized spacial score (nSPS) is 18.3. The Kier molecular flexibility index (Phi) is 2.48. The molecule has 3 nitrogen and oxygen atoms in total. The Balaban J connectivity index is 2.17. The second-order valence-electron chi connectivity index (χ2n) is 6.02. The van der Waals surface area contributed by atoms with Crippen LogP contribution >= 0.6 is 0 Å². The highest BCUT2D eigenvalue weighted by Crippen LogP contribution is 2.47. The molecule has 0 amide bonds. The van der Waals surface area contributed by atoms with E-state index in [1.807, 2.05) is 6.07 Å². The number of rotatable bonds is 2. The molecule has 1 fully saturated rings. The van der Waals surface area contributed by atoms with Gasteiger partial charge in [-0.2, -0.15) is 0 Å². The predicted molar refractivity (Wildman–Crippen MR) is 79.9 cm³/mol. The molecular formula is C17H19NO2. The average Bonchev–Trinajstić information content (AvgIpc) is 3.20. The third-order valence-electron chi connectivity index (χ3n) is 5.05. The quantitative estimate of drug-likeness (QED) is 0.756. The summed E-state index contributed by atoms with van der Waals surface area (Å²) < 4.78 is 11.6. The second kappa shape index (κ2) is 4.13. The molecular weight excluding hydrogens is 250 g/mol. The molecule has 2 N–H and O–H groups in total. The van der Waals surface area contributed by atoms with Crippen LogP contribution in [0.2, 0.25) is 0 Å². The molecule has 1 aromatic carbocycles. The minimum Gasteiger partial charge on any atom is -0.464 e. The third kappa shape index (κ3) is 1.39. The molecule has 0 aliphatic heterocycles. The topological polar surface area (TPSA) is 52.3 Å². The minimum atomic E-state index is 0.0475. The largest absolute Gasteiger partial charge is 0.464 e. The number of benzene rings is 1. The van der Waals surface area contributed by atoms with Crippen LogP contribution in [-0.2, 0) is 5.41 Å². The highest BCUT2D eigenvalue weighted by atomic mass is 16.3. The lowest BCUT2D eigenvalue weighted by atomic mass is 9.76. The summed E-state index contributed by atoms with van der Waals surface area (Å²) >= 11 is 0. The Morgan fingerprint density at radius 1 is 1.05 bits per heavy atom. The van der Waals surface area contributed by atoms with Gasteiger partial charge in [-0.1, -0.05) is 12.8 Å². The van der Waals surface area contributed by atoms with Gasteiger partial charge in [-0.15, -0.1) is 0 Å². The van der Waals surface area contributed by atoms with E-state index in [9.17, 15) is 0 Å². The van der Waals surface area contributed by atoms with Crippen LogP contribution in [0, 0.1) is 6.92 Å². The maximum absolute atomic E-state index is 6.19. The number of nitrogens with two attached hydrogens (primary N) is 1. The molecule has 3 heteroatoms. The van der Waals surface area contributed by atoms with Gasteiger partial charge < -0.3 is 14.6 Å². The van der Waals surface area contributed by atoms with Crippen LogP contribution in [0.3, 0.4) is 0 Å². The van der Waals surface area contributed by atoms with E-state index in [-0.39, 0.29) is 5.41 Å². The van der Waals surface area contributed by atoms with E-state index in [4.69, 9.17) is 14.6 Å². The van der Waals surface area contributed by atoms with E-state index < -0.39 is 0 Å². The van der Waals surface area contributed by atoms with Gasteiger partial charge in [0.05, 0.1) is 12.5 Å². The third-order valence-corrected chi connectivity index (χ3v) is 5.05. The first-order valence-electron chi connectivity index (χ1n) is 7.34. The van der Waals surface area contributed by atoms with E-state index in [0.717, 1.165) is 35.0 Å². The van der Waals surface area contributed by atoms with Crippen molar-refractivity contribution in [1.82, 2.24) is 0 Å². The van der Waals surface area contributed by atoms with E-state index >= 15 is 0 Å². The summed E-state index contributed by atoms with van der Waals surface area (Å²) in [6, 6.07) is 4.10. The van der Waals surface area contributed by atoms with Crippen LogP contribution in [0.4, 0.5) is 0 Å². The zero-order chi connectivity index (χ0) is 13.7. The summed E-state index contributed by atoms with van der Waals surface area (Å²) in [5, 5.41) is 2.33. The molecule has 0 saturated heterocycles. The Morgan fingerprint density at radius 2 is 1.70 bits per heavy atom. The van der Waals surface area contributed by atoms with Crippen molar-refractivity contribution in [3.05, 3.63) is 35.8 Å². The van der Waals surface area contributed by atoms with Gasteiger partial charge in [0.1, 0.15) is 11.2 Å². The van der Waals surface area contributed by atoms with Crippen molar-refractivity contribution in [3.8, 4) is 0 Å². The summed E-state index contributed by atoms with van der Waals surface area (Å²) in [5.41, 5.74) is 10.6. The smallest absolute Gasteiger partial charge is 0.138 e. The lowest BCUT2D eigenvalue weighted by molar-refractivity contribution is 0.451. The molecule has 104 valence electrons.